The normalized spacial score (nSPS) is 19.9. The summed E-state index contributed by atoms with van der Waals surface area (Å²) >= 11 is 0. The summed E-state index contributed by atoms with van der Waals surface area (Å²) in [4.78, 5) is 17.9. The van der Waals surface area contributed by atoms with E-state index in [4.69, 9.17) is 0 Å². The second-order valence-corrected chi connectivity index (χ2v) is 6.52. The largest absolute Gasteiger partial charge is 0.391 e. The molecule has 0 saturated heterocycles. The van der Waals surface area contributed by atoms with Crippen molar-refractivity contribution in [2.45, 2.75) is 37.8 Å². The van der Waals surface area contributed by atoms with Gasteiger partial charge in [0.05, 0.1) is 17.8 Å². The first-order chi connectivity index (χ1) is 12.8. The monoisotopic (exact) mass is 347 g/mol. The van der Waals surface area contributed by atoms with Crippen LogP contribution in [0.25, 0.3) is 22.8 Å². The van der Waals surface area contributed by atoms with Gasteiger partial charge < -0.3 is 10.4 Å². The van der Waals surface area contributed by atoms with Gasteiger partial charge in [-0.2, -0.15) is 0 Å². The van der Waals surface area contributed by atoms with Crippen molar-refractivity contribution in [1.82, 2.24) is 19.9 Å². The van der Waals surface area contributed by atoms with Crippen LogP contribution in [0.2, 0.25) is 0 Å². The fourth-order valence-corrected chi connectivity index (χ4v) is 3.26. The van der Waals surface area contributed by atoms with Crippen LogP contribution >= 0.6 is 0 Å². The molecule has 1 aliphatic carbocycles. The van der Waals surface area contributed by atoms with Gasteiger partial charge in [0.2, 0.25) is 0 Å². The van der Waals surface area contributed by atoms with Crippen molar-refractivity contribution < 1.29 is 5.11 Å². The Morgan fingerprint density at radius 3 is 2.65 bits per heavy atom. The summed E-state index contributed by atoms with van der Waals surface area (Å²) in [6.07, 6.45) is 8.85. The molecule has 3 heterocycles. The Balaban J connectivity index is 1.73. The molecule has 1 fully saturated rings. The minimum Gasteiger partial charge on any atom is -0.391 e. The number of anilines is 1. The topological polar surface area (TPSA) is 83.8 Å². The number of aliphatic hydroxyl groups excluding tert-OH is 1. The number of nitrogens with one attached hydrogen (secondary N) is 1. The third kappa shape index (κ3) is 3.70. The molecule has 0 amide bonds. The minimum absolute atomic E-state index is 0.0111. The van der Waals surface area contributed by atoms with E-state index in [9.17, 15) is 5.11 Å². The van der Waals surface area contributed by atoms with Crippen molar-refractivity contribution in [3.05, 3.63) is 55.0 Å². The van der Waals surface area contributed by atoms with E-state index in [1.54, 1.807) is 18.6 Å². The van der Waals surface area contributed by atoms with Gasteiger partial charge in [0.1, 0.15) is 11.5 Å². The van der Waals surface area contributed by atoms with E-state index in [2.05, 4.69) is 25.3 Å². The molecule has 6 nitrogen and oxygen atoms in total. The first-order valence-electron chi connectivity index (χ1n) is 8.95. The van der Waals surface area contributed by atoms with E-state index < -0.39 is 0 Å². The summed E-state index contributed by atoms with van der Waals surface area (Å²) < 4.78 is 0. The summed E-state index contributed by atoms with van der Waals surface area (Å²) in [5.74, 6) is 1.25. The van der Waals surface area contributed by atoms with E-state index in [-0.39, 0.29) is 12.1 Å². The Morgan fingerprint density at radius 1 is 0.962 bits per heavy atom. The summed E-state index contributed by atoms with van der Waals surface area (Å²) in [7, 11) is 0. The van der Waals surface area contributed by atoms with Crippen LogP contribution in [0.4, 0.5) is 5.82 Å². The maximum Gasteiger partial charge on any atom is 0.180 e. The first kappa shape index (κ1) is 16.6. The Morgan fingerprint density at radius 2 is 1.88 bits per heavy atom. The van der Waals surface area contributed by atoms with Crippen molar-refractivity contribution in [3.63, 3.8) is 0 Å². The fourth-order valence-electron chi connectivity index (χ4n) is 3.26. The highest BCUT2D eigenvalue weighted by molar-refractivity contribution is 5.65. The number of rotatable bonds is 4. The SMILES string of the molecule is O[C@H]1CCCC[C@@H]1Nc1cc(-c2cccnc2)nc(-c2ccccn2)n1. The van der Waals surface area contributed by atoms with Gasteiger partial charge in [-0.25, -0.2) is 9.97 Å². The second-order valence-electron chi connectivity index (χ2n) is 6.52. The number of aromatic nitrogens is 4. The van der Waals surface area contributed by atoms with E-state index in [1.165, 1.54) is 0 Å². The molecule has 4 rings (SSSR count). The molecule has 0 bridgehead atoms. The van der Waals surface area contributed by atoms with Crippen molar-refractivity contribution in [2.24, 2.45) is 0 Å². The molecule has 2 N–H and O–H groups in total. The van der Waals surface area contributed by atoms with E-state index in [0.717, 1.165) is 36.9 Å². The Kier molecular flexibility index (Phi) is 4.84. The summed E-state index contributed by atoms with van der Waals surface area (Å²) in [6.45, 7) is 0. The number of aliphatic hydroxyl groups is 1. The molecule has 1 saturated carbocycles. The molecular weight excluding hydrogens is 326 g/mol. The van der Waals surface area contributed by atoms with Gasteiger partial charge in [-0.1, -0.05) is 18.9 Å². The number of nitrogens with zero attached hydrogens (tertiary/aromatic N) is 4. The molecule has 0 spiro atoms. The molecule has 3 aromatic rings. The summed E-state index contributed by atoms with van der Waals surface area (Å²) in [5, 5.41) is 13.7. The maximum absolute atomic E-state index is 10.3. The van der Waals surface area contributed by atoms with Gasteiger partial charge in [-0.3, -0.25) is 9.97 Å². The molecule has 26 heavy (non-hydrogen) atoms. The lowest BCUT2D eigenvalue weighted by atomic mass is 9.92. The highest BCUT2D eigenvalue weighted by Gasteiger charge is 2.23. The van der Waals surface area contributed by atoms with Crippen LogP contribution in [0.15, 0.2) is 55.0 Å². The molecule has 0 radical (unpaired) electrons. The predicted molar refractivity (Wildman–Crippen MR) is 100 cm³/mol. The Bertz CT molecular complexity index is 799. The molecule has 132 valence electrons. The average Bonchev–Trinajstić information content (AvgIpc) is 2.71. The minimum atomic E-state index is -0.348. The summed E-state index contributed by atoms with van der Waals surface area (Å²) in [5.41, 5.74) is 2.41. The molecule has 2 atom stereocenters. The molecule has 0 aliphatic heterocycles. The van der Waals surface area contributed by atoms with Gasteiger partial charge >= 0.3 is 0 Å². The van der Waals surface area contributed by atoms with Gasteiger partial charge in [0, 0.05) is 30.2 Å². The van der Waals surface area contributed by atoms with Gasteiger partial charge in [0.25, 0.3) is 0 Å². The number of hydrogen-bond acceptors (Lipinski definition) is 6. The zero-order valence-corrected chi connectivity index (χ0v) is 14.4. The molecule has 1 aliphatic rings. The van der Waals surface area contributed by atoms with Crippen molar-refractivity contribution in [2.75, 3.05) is 5.32 Å². The third-order valence-electron chi connectivity index (χ3n) is 4.64. The van der Waals surface area contributed by atoms with Gasteiger partial charge in [0.15, 0.2) is 5.82 Å². The molecular formula is C20H21N5O. The van der Waals surface area contributed by atoms with Crippen molar-refractivity contribution in [1.29, 1.82) is 0 Å². The second kappa shape index (κ2) is 7.58. The smallest absolute Gasteiger partial charge is 0.180 e. The number of pyridine rings is 2. The fraction of sp³-hybridized carbons (Fsp3) is 0.300. The van der Waals surface area contributed by atoms with Crippen LogP contribution in [0.5, 0.6) is 0 Å². The Hall–Kier alpha value is -2.86. The van der Waals surface area contributed by atoms with E-state index in [0.29, 0.717) is 17.3 Å². The van der Waals surface area contributed by atoms with Crippen molar-refractivity contribution in [3.8, 4) is 22.8 Å². The molecule has 3 aromatic heterocycles. The van der Waals surface area contributed by atoms with Crippen LogP contribution in [0.1, 0.15) is 25.7 Å². The molecule has 0 aromatic carbocycles. The standard InChI is InChI=1S/C20H21N5O/c26-18-9-2-1-7-15(18)23-19-12-17(14-6-5-10-21-13-14)24-20(25-19)16-8-3-4-11-22-16/h3-6,8,10-13,15,18,26H,1-2,7,9H2,(H,23,24,25)/t15-,18-/m0/s1. The zero-order chi connectivity index (χ0) is 17.8. The lowest BCUT2D eigenvalue weighted by molar-refractivity contribution is 0.116. The van der Waals surface area contributed by atoms with Crippen LogP contribution in [0.3, 0.4) is 0 Å². The maximum atomic E-state index is 10.3. The van der Waals surface area contributed by atoms with Crippen LogP contribution < -0.4 is 5.32 Å². The molecule has 6 heteroatoms. The van der Waals surface area contributed by atoms with Crippen LogP contribution in [0, 0.1) is 0 Å². The van der Waals surface area contributed by atoms with E-state index >= 15 is 0 Å². The first-order valence-corrected chi connectivity index (χ1v) is 8.95. The highest BCUT2D eigenvalue weighted by Crippen LogP contribution is 2.26. The third-order valence-corrected chi connectivity index (χ3v) is 4.64. The highest BCUT2D eigenvalue weighted by atomic mass is 16.3. The van der Waals surface area contributed by atoms with Gasteiger partial charge in [-0.15, -0.1) is 0 Å². The predicted octanol–water partition coefficient (Wildman–Crippen LogP) is 3.32. The summed E-state index contributed by atoms with van der Waals surface area (Å²) in [6, 6.07) is 11.4. The zero-order valence-electron chi connectivity index (χ0n) is 14.4. The number of hydrogen-bond donors (Lipinski definition) is 2. The molecule has 0 unspecified atom stereocenters. The van der Waals surface area contributed by atoms with E-state index in [1.807, 2.05) is 36.4 Å². The lowest BCUT2D eigenvalue weighted by Crippen LogP contribution is -2.36. The average molecular weight is 347 g/mol. The van der Waals surface area contributed by atoms with Gasteiger partial charge in [-0.05, 0) is 37.1 Å². The lowest BCUT2D eigenvalue weighted by Gasteiger charge is -2.28. The Labute approximate surface area is 152 Å². The van der Waals surface area contributed by atoms with Crippen LogP contribution in [-0.2, 0) is 0 Å². The van der Waals surface area contributed by atoms with Crippen molar-refractivity contribution >= 4 is 5.82 Å². The quantitative estimate of drug-likeness (QED) is 0.753. The van der Waals surface area contributed by atoms with Crippen LogP contribution in [-0.4, -0.2) is 37.2 Å².